The zero-order valence-electron chi connectivity index (χ0n) is 13.6. The summed E-state index contributed by atoms with van der Waals surface area (Å²) >= 11 is 0. The minimum absolute atomic E-state index is 0.143. The summed E-state index contributed by atoms with van der Waals surface area (Å²) in [5.41, 5.74) is 0.994. The number of hydrogen-bond acceptors (Lipinski definition) is 3. The molecule has 1 atom stereocenters. The van der Waals surface area contributed by atoms with Crippen molar-refractivity contribution in [3.8, 4) is 17.6 Å². The predicted molar refractivity (Wildman–Crippen MR) is 88.8 cm³/mol. The number of ether oxygens (including phenoxy) is 2. The number of benzene rings is 1. The molecule has 0 fully saturated rings. The second kappa shape index (κ2) is 10.5. The SMILES string of the molecule is CC#CC(CC(=O)OC)c1ccc(OC/C=C/CCC)cc1. The first-order chi connectivity index (χ1) is 10.7. The van der Waals surface area contributed by atoms with Crippen LogP contribution in [-0.4, -0.2) is 19.7 Å². The van der Waals surface area contributed by atoms with Crippen molar-refractivity contribution in [2.24, 2.45) is 0 Å². The highest BCUT2D eigenvalue weighted by Crippen LogP contribution is 2.22. The highest BCUT2D eigenvalue weighted by molar-refractivity contribution is 5.71. The summed E-state index contributed by atoms with van der Waals surface area (Å²) in [7, 11) is 1.39. The van der Waals surface area contributed by atoms with Gasteiger partial charge in [-0.05, 0) is 31.0 Å². The van der Waals surface area contributed by atoms with Crippen molar-refractivity contribution in [2.75, 3.05) is 13.7 Å². The van der Waals surface area contributed by atoms with Crippen LogP contribution in [0.1, 0.15) is 44.6 Å². The Kier molecular flexibility index (Phi) is 8.52. The van der Waals surface area contributed by atoms with E-state index in [9.17, 15) is 4.79 Å². The molecule has 0 bridgehead atoms. The number of allylic oxidation sites excluding steroid dienone is 1. The Labute approximate surface area is 133 Å². The molecule has 0 N–H and O–H groups in total. The van der Waals surface area contributed by atoms with Gasteiger partial charge in [0, 0.05) is 0 Å². The molecule has 0 heterocycles. The molecule has 0 saturated carbocycles. The van der Waals surface area contributed by atoms with Gasteiger partial charge in [-0.2, -0.15) is 0 Å². The Morgan fingerprint density at radius 1 is 1.27 bits per heavy atom. The van der Waals surface area contributed by atoms with Crippen molar-refractivity contribution in [2.45, 2.75) is 39.0 Å². The van der Waals surface area contributed by atoms with Crippen LogP contribution in [0.25, 0.3) is 0 Å². The first-order valence-corrected chi connectivity index (χ1v) is 7.58. The van der Waals surface area contributed by atoms with Gasteiger partial charge in [0.2, 0.25) is 0 Å². The standard InChI is InChI=1S/C19H24O3/c1-4-6-7-8-14-22-18-12-10-16(11-13-18)17(9-5-2)15-19(20)21-3/h7-8,10-13,17H,4,6,14-15H2,1-3H3/b8-7+. The summed E-state index contributed by atoms with van der Waals surface area (Å²) in [4.78, 5) is 11.4. The van der Waals surface area contributed by atoms with Crippen molar-refractivity contribution in [3.05, 3.63) is 42.0 Å². The van der Waals surface area contributed by atoms with Gasteiger partial charge in [-0.15, -0.1) is 5.92 Å². The largest absolute Gasteiger partial charge is 0.490 e. The van der Waals surface area contributed by atoms with Crippen LogP contribution in [0.5, 0.6) is 5.75 Å². The molecule has 22 heavy (non-hydrogen) atoms. The zero-order chi connectivity index (χ0) is 16.2. The maximum Gasteiger partial charge on any atom is 0.307 e. The smallest absolute Gasteiger partial charge is 0.307 e. The molecule has 3 nitrogen and oxygen atoms in total. The third kappa shape index (κ3) is 6.49. The van der Waals surface area contributed by atoms with Gasteiger partial charge in [-0.25, -0.2) is 0 Å². The van der Waals surface area contributed by atoms with Crippen molar-refractivity contribution in [3.63, 3.8) is 0 Å². The minimum atomic E-state index is -0.255. The number of methoxy groups -OCH3 is 1. The molecular formula is C19H24O3. The van der Waals surface area contributed by atoms with Gasteiger partial charge in [0.25, 0.3) is 0 Å². The molecule has 0 aliphatic rings. The molecule has 0 aliphatic carbocycles. The van der Waals surface area contributed by atoms with Crippen LogP contribution in [0.15, 0.2) is 36.4 Å². The molecule has 0 amide bonds. The van der Waals surface area contributed by atoms with Crippen LogP contribution in [0.2, 0.25) is 0 Å². The van der Waals surface area contributed by atoms with E-state index in [2.05, 4.69) is 24.8 Å². The van der Waals surface area contributed by atoms with Crippen LogP contribution < -0.4 is 4.74 Å². The molecule has 3 heteroatoms. The molecule has 0 aliphatic heterocycles. The average molecular weight is 300 g/mol. The van der Waals surface area contributed by atoms with Crippen molar-refractivity contribution >= 4 is 5.97 Å². The van der Waals surface area contributed by atoms with Crippen LogP contribution >= 0.6 is 0 Å². The third-order valence-electron chi connectivity index (χ3n) is 3.17. The highest BCUT2D eigenvalue weighted by Gasteiger charge is 2.14. The Morgan fingerprint density at radius 3 is 2.59 bits per heavy atom. The summed E-state index contributed by atoms with van der Waals surface area (Å²) in [6, 6.07) is 7.71. The van der Waals surface area contributed by atoms with Gasteiger partial charge < -0.3 is 9.47 Å². The number of esters is 1. The average Bonchev–Trinajstić information content (AvgIpc) is 2.54. The second-order valence-electron chi connectivity index (χ2n) is 4.87. The van der Waals surface area contributed by atoms with Gasteiger partial charge in [0.15, 0.2) is 0 Å². The Balaban J connectivity index is 2.64. The second-order valence-corrected chi connectivity index (χ2v) is 4.87. The molecule has 118 valence electrons. The van der Waals surface area contributed by atoms with Crippen LogP contribution in [0.3, 0.4) is 0 Å². The Hall–Kier alpha value is -2.21. The van der Waals surface area contributed by atoms with Crippen molar-refractivity contribution in [1.82, 2.24) is 0 Å². The normalized spacial score (nSPS) is 11.6. The number of rotatable bonds is 8. The molecule has 1 aromatic rings. The van der Waals surface area contributed by atoms with E-state index in [1.807, 2.05) is 30.3 Å². The molecule has 0 radical (unpaired) electrons. The van der Waals surface area contributed by atoms with E-state index in [0.717, 1.165) is 24.2 Å². The van der Waals surface area contributed by atoms with Gasteiger partial charge in [0.05, 0.1) is 19.4 Å². The summed E-state index contributed by atoms with van der Waals surface area (Å²) in [6.45, 7) is 4.48. The fourth-order valence-corrected chi connectivity index (χ4v) is 1.97. The lowest BCUT2D eigenvalue weighted by molar-refractivity contribution is -0.140. The van der Waals surface area contributed by atoms with E-state index in [4.69, 9.17) is 9.47 Å². The quantitative estimate of drug-likeness (QED) is 0.412. The van der Waals surface area contributed by atoms with Crippen molar-refractivity contribution in [1.29, 1.82) is 0 Å². The molecular weight excluding hydrogens is 276 g/mol. The van der Waals surface area contributed by atoms with Gasteiger partial charge >= 0.3 is 5.97 Å². The summed E-state index contributed by atoms with van der Waals surface area (Å²) in [5.74, 6) is 6.33. The van der Waals surface area contributed by atoms with E-state index in [1.165, 1.54) is 7.11 Å². The Bertz CT molecular complexity index is 532. The summed E-state index contributed by atoms with van der Waals surface area (Å²) in [6.07, 6.45) is 6.63. The van der Waals surface area contributed by atoms with Crippen LogP contribution in [-0.2, 0) is 9.53 Å². The number of unbranched alkanes of at least 4 members (excludes halogenated alkanes) is 1. The molecule has 0 spiro atoms. The van der Waals surface area contributed by atoms with Crippen LogP contribution in [0.4, 0.5) is 0 Å². The topological polar surface area (TPSA) is 35.5 Å². The van der Waals surface area contributed by atoms with Gasteiger partial charge in [-0.1, -0.05) is 43.5 Å². The molecule has 1 rings (SSSR count). The van der Waals surface area contributed by atoms with E-state index < -0.39 is 0 Å². The monoisotopic (exact) mass is 300 g/mol. The van der Waals surface area contributed by atoms with Gasteiger partial charge in [-0.3, -0.25) is 4.79 Å². The van der Waals surface area contributed by atoms with Gasteiger partial charge in [0.1, 0.15) is 12.4 Å². The summed E-state index contributed by atoms with van der Waals surface area (Å²) < 4.78 is 10.4. The lowest BCUT2D eigenvalue weighted by Crippen LogP contribution is -2.07. The highest BCUT2D eigenvalue weighted by atomic mass is 16.5. The van der Waals surface area contributed by atoms with E-state index in [-0.39, 0.29) is 18.3 Å². The molecule has 0 aromatic heterocycles. The fourth-order valence-electron chi connectivity index (χ4n) is 1.97. The van der Waals surface area contributed by atoms with E-state index in [1.54, 1.807) is 6.92 Å². The predicted octanol–water partition coefficient (Wildman–Crippen LogP) is 4.09. The molecule has 0 saturated heterocycles. The van der Waals surface area contributed by atoms with Crippen LogP contribution in [0, 0.1) is 11.8 Å². The summed E-state index contributed by atoms with van der Waals surface area (Å²) in [5, 5.41) is 0. The number of carbonyl (C=O) groups is 1. The Morgan fingerprint density at radius 2 is 2.00 bits per heavy atom. The fraction of sp³-hybridized carbons (Fsp3) is 0.421. The number of carbonyl (C=O) groups excluding carboxylic acids is 1. The molecule has 1 aromatic carbocycles. The maximum absolute atomic E-state index is 11.4. The van der Waals surface area contributed by atoms with E-state index >= 15 is 0 Å². The number of hydrogen-bond donors (Lipinski definition) is 0. The first-order valence-electron chi connectivity index (χ1n) is 7.58. The van der Waals surface area contributed by atoms with E-state index in [0.29, 0.717) is 6.61 Å². The van der Waals surface area contributed by atoms with Crippen molar-refractivity contribution < 1.29 is 14.3 Å². The first kappa shape index (κ1) is 17.8. The molecule has 1 unspecified atom stereocenters. The lowest BCUT2D eigenvalue weighted by atomic mass is 9.96. The maximum atomic E-state index is 11.4. The lowest BCUT2D eigenvalue weighted by Gasteiger charge is -2.11. The third-order valence-corrected chi connectivity index (χ3v) is 3.17. The zero-order valence-corrected chi connectivity index (χ0v) is 13.6. The minimum Gasteiger partial charge on any atom is -0.490 e.